The van der Waals surface area contributed by atoms with Gasteiger partial charge in [0.15, 0.2) is 11.6 Å². The molecule has 16 heavy (non-hydrogen) atoms. The van der Waals surface area contributed by atoms with Crippen LogP contribution >= 0.6 is 63.7 Å². The molecule has 0 aromatic carbocycles. The van der Waals surface area contributed by atoms with Gasteiger partial charge in [0, 0.05) is 43.6 Å². The number of allylic oxidation sites excluding steroid dienone is 4. The topological polar surface area (TPSA) is 34.1 Å². The molecule has 0 amide bonds. The summed E-state index contributed by atoms with van der Waals surface area (Å²) in [5, 5.41) is 1.63. The van der Waals surface area contributed by atoms with E-state index >= 15 is 0 Å². The zero-order valence-corrected chi connectivity index (χ0v) is 14.5. The van der Waals surface area contributed by atoms with Crippen LogP contribution in [0.4, 0.5) is 0 Å². The van der Waals surface area contributed by atoms with Gasteiger partial charge in [0.2, 0.25) is 0 Å². The molecule has 0 bridgehead atoms. The van der Waals surface area contributed by atoms with Crippen LogP contribution in [-0.4, -0.2) is 32.9 Å². The Bertz CT molecular complexity index is 326. The zero-order valence-electron chi connectivity index (χ0n) is 8.16. The van der Waals surface area contributed by atoms with Gasteiger partial charge in [-0.1, -0.05) is 63.7 Å². The summed E-state index contributed by atoms with van der Waals surface area (Å²) in [6.45, 7) is 0. The molecule has 1 rings (SSSR count). The first-order valence-electron chi connectivity index (χ1n) is 4.39. The van der Waals surface area contributed by atoms with E-state index in [0.29, 0.717) is 43.6 Å². The van der Waals surface area contributed by atoms with Crippen molar-refractivity contribution in [2.45, 2.75) is 0 Å². The minimum atomic E-state index is -0.0442. The molecule has 0 atom stereocenters. The summed E-state index contributed by atoms with van der Waals surface area (Å²) in [5.41, 5.74) is 2.23. The molecule has 0 saturated heterocycles. The van der Waals surface area contributed by atoms with E-state index in [0.717, 1.165) is 0 Å². The third-order valence-corrected chi connectivity index (χ3v) is 4.60. The maximum Gasteiger partial charge on any atom is 0.187 e. The highest BCUT2D eigenvalue weighted by molar-refractivity contribution is 9.10. The van der Waals surface area contributed by atoms with Gasteiger partial charge >= 0.3 is 0 Å². The molecular weight excluding hydrogens is 472 g/mol. The first-order valence-corrected chi connectivity index (χ1v) is 8.88. The third-order valence-electron chi connectivity index (χ3n) is 2.36. The molecule has 0 N–H and O–H groups in total. The van der Waals surface area contributed by atoms with Crippen LogP contribution in [0.15, 0.2) is 22.3 Å². The molecule has 0 unspecified atom stereocenters. The minimum absolute atomic E-state index is 0.0442. The minimum Gasteiger partial charge on any atom is -0.289 e. The van der Waals surface area contributed by atoms with Gasteiger partial charge in [0.1, 0.15) is 0 Å². The lowest BCUT2D eigenvalue weighted by Gasteiger charge is -2.20. The van der Waals surface area contributed by atoms with Crippen LogP contribution in [0.2, 0.25) is 0 Å². The van der Waals surface area contributed by atoms with E-state index in [4.69, 9.17) is 0 Å². The van der Waals surface area contributed by atoms with Crippen molar-refractivity contribution in [3.8, 4) is 0 Å². The van der Waals surface area contributed by atoms with Gasteiger partial charge < -0.3 is 0 Å². The first-order chi connectivity index (χ1) is 7.62. The quantitative estimate of drug-likeness (QED) is 0.458. The van der Waals surface area contributed by atoms with Gasteiger partial charge in [-0.15, -0.1) is 0 Å². The lowest BCUT2D eigenvalue weighted by atomic mass is 9.87. The molecule has 0 spiro atoms. The standard InChI is InChI=1S/C10H8Br4O2/c11-1-5-6(2-12)10(16)8(4-14)7(3-13)9(5)15/h1-4H2. The summed E-state index contributed by atoms with van der Waals surface area (Å²) < 4.78 is 0. The molecule has 1 aliphatic rings. The molecule has 0 aromatic heterocycles. The van der Waals surface area contributed by atoms with Gasteiger partial charge in [-0.3, -0.25) is 9.59 Å². The summed E-state index contributed by atoms with van der Waals surface area (Å²) in [7, 11) is 0. The van der Waals surface area contributed by atoms with E-state index < -0.39 is 0 Å². The predicted octanol–water partition coefficient (Wildman–Crippen LogP) is 3.31. The van der Waals surface area contributed by atoms with Crippen LogP contribution < -0.4 is 0 Å². The normalized spacial score (nSPS) is 17.5. The second-order valence-electron chi connectivity index (χ2n) is 3.11. The lowest BCUT2D eigenvalue weighted by Crippen LogP contribution is -2.27. The number of hydrogen-bond donors (Lipinski definition) is 0. The van der Waals surface area contributed by atoms with Gasteiger partial charge in [0.25, 0.3) is 0 Å². The highest BCUT2D eigenvalue weighted by Crippen LogP contribution is 2.29. The fraction of sp³-hybridized carbons (Fsp3) is 0.400. The van der Waals surface area contributed by atoms with Gasteiger partial charge in [-0.2, -0.15) is 0 Å². The van der Waals surface area contributed by atoms with E-state index in [-0.39, 0.29) is 11.6 Å². The number of Topliss-reactive ketones (excluding diaryl/α,β-unsaturated/α-hetero) is 2. The molecule has 1 aliphatic carbocycles. The summed E-state index contributed by atoms with van der Waals surface area (Å²) in [4.78, 5) is 24.2. The summed E-state index contributed by atoms with van der Waals surface area (Å²) in [6, 6.07) is 0. The third kappa shape index (κ3) is 2.60. The molecule has 0 aromatic rings. The molecule has 6 heteroatoms. The predicted molar refractivity (Wildman–Crippen MR) is 79.2 cm³/mol. The lowest BCUT2D eigenvalue weighted by molar-refractivity contribution is -0.116. The number of ketones is 2. The van der Waals surface area contributed by atoms with Crippen molar-refractivity contribution in [2.75, 3.05) is 21.3 Å². The van der Waals surface area contributed by atoms with Crippen LogP contribution in [0.1, 0.15) is 0 Å². The van der Waals surface area contributed by atoms with Crippen LogP contribution in [0.5, 0.6) is 0 Å². The first kappa shape index (κ1) is 14.8. The monoisotopic (exact) mass is 476 g/mol. The highest BCUT2D eigenvalue weighted by atomic mass is 79.9. The smallest absolute Gasteiger partial charge is 0.187 e. The van der Waals surface area contributed by atoms with Crippen LogP contribution in [0.3, 0.4) is 0 Å². The Balaban J connectivity index is 3.35. The number of carbonyl (C=O) groups excluding carboxylic acids is 2. The van der Waals surface area contributed by atoms with Crippen molar-refractivity contribution < 1.29 is 9.59 Å². The molecule has 0 heterocycles. The van der Waals surface area contributed by atoms with Crippen molar-refractivity contribution in [1.82, 2.24) is 0 Å². The van der Waals surface area contributed by atoms with E-state index in [1.54, 1.807) is 0 Å². The second kappa shape index (κ2) is 6.61. The average molecular weight is 480 g/mol. The fourth-order valence-corrected chi connectivity index (χ4v) is 3.85. The Hall–Kier alpha value is 0.740. The van der Waals surface area contributed by atoms with Gasteiger partial charge in [0.05, 0.1) is 0 Å². The molecule has 0 fully saturated rings. The van der Waals surface area contributed by atoms with E-state index in [1.807, 2.05) is 0 Å². The Labute approximate surface area is 127 Å². The number of halogens is 4. The molecule has 0 saturated carbocycles. The molecule has 88 valence electrons. The Morgan fingerprint density at radius 2 is 0.750 bits per heavy atom. The summed E-state index contributed by atoms with van der Waals surface area (Å²) in [5.74, 6) is -0.0884. The molecule has 0 radical (unpaired) electrons. The van der Waals surface area contributed by atoms with E-state index in [9.17, 15) is 9.59 Å². The van der Waals surface area contributed by atoms with Gasteiger partial charge in [-0.05, 0) is 0 Å². The van der Waals surface area contributed by atoms with Crippen LogP contribution in [0, 0.1) is 0 Å². The molecule has 2 nitrogen and oxygen atoms in total. The summed E-state index contributed by atoms with van der Waals surface area (Å²) in [6.07, 6.45) is 0. The number of alkyl halides is 4. The zero-order chi connectivity index (χ0) is 12.3. The molecular formula is C10H8Br4O2. The van der Waals surface area contributed by atoms with Gasteiger partial charge in [-0.25, -0.2) is 0 Å². The maximum absolute atomic E-state index is 12.1. The van der Waals surface area contributed by atoms with Crippen molar-refractivity contribution >= 4 is 75.3 Å². The van der Waals surface area contributed by atoms with Crippen molar-refractivity contribution in [1.29, 1.82) is 0 Å². The Morgan fingerprint density at radius 1 is 0.562 bits per heavy atom. The Kier molecular flexibility index (Phi) is 6.12. The van der Waals surface area contributed by atoms with E-state index in [1.165, 1.54) is 0 Å². The maximum atomic E-state index is 12.1. The van der Waals surface area contributed by atoms with E-state index in [2.05, 4.69) is 63.7 Å². The summed E-state index contributed by atoms with van der Waals surface area (Å²) >= 11 is 13.0. The highest BCUT2D eigenvalue weighted by Gasteiger charge is 2.31. The number of carbonyl (C=O) groups is 2. The number of hydrogen-bond acceptors (Lipinski definition) is 2. The van der Waals surface area contributed by atoms with Crippen molar-refractivity contribution in [3.63, 3.8) is 0 Å². The Morgan fingerprint density at radius 3 is 0.875 bits per heavy atom. The van der Waals surface area contributed by atoms with Crippen molar-refractivity contribution in [3.05, 3.63) is 22.3 Å². The average Bonchev–Trinajstić information content (AvgIpc) is 2.30. The largest absolute Gasteiger partial charge is 0.289 e. The number of rotatable bonds is 4. The van der Waals surface area contributed by atoms with Crippen LogP contribution in [0.25, 0.3) is 0 Å². The van der Waals surface area contributed by atoms with Crippen molar-refractivity contribution in [2.24, 2.45) is 0 Å². The van der Waals surface area contributed by atoms with Crippen LogP contribution in [-0.2, 0) is 9.59 Å². The fourth-order valence-electron chi connectivity index (χ4n) is 1.48. The molecule has 0 aliphatic heterocycles. The SMILES string of the molecule is O=C1C(CBr)=C(CBr)C(=O)C(CBr)=C1CBr. The second-order valence-corrected chi connectivity index (χ2v) is 5.35.